The first-order valence-electron chi connectivity index (χ1n) is 5.32. The Hall–Kier alpha value is -0.0400. The summed E-state index contributed by atoms with van der Waals surface area (Å²) in [5, 5.41) is 0. The highest BCUT2D eigenvalue weighted by Gasteiger charge is 2.48. The second kappa shape index (κ2) is 2.98. The highest BCUT2D eigenvalue weighted by molar-refractivity contribution is 4.99. The minimum atomic E-state index is 0.0156. The van der Waals surface area contributed by atoms with Gasteiger partial charge in [0.25, 0.3) is 0 Å². The molecule has 0 aliphatic heterocycles. The van der Waals surface area contributed by atoms with Crippen molar-refractivity contribution in [2.75, 3.05) is 0 Å². The lowest BCUT2D eigenvalue weighted by atomic mass is 9.88. The molecule has 1 aliphatic carbocycles. The number of hydrogen-bond donors (Lipinski definition) is 0. The zero-order chi connectivity index (χ0) is 10.3. The number of ether oxygens (including phenoxy) is 1. The largest absolute Gasteiger partial charge is 0.369 e. The van der Waals surface area contributed by atoms with Gasteiger partial charge in [-0.25, -0.2) is 0 Å². The van der Waals surface area contributed by atoms with E-state index in [9.17, 15) is 0 Å². The van der Waals surface area contributed by atoms with E-state index in [-0.39, 0.29) is 11.2 Å². The fourth-order valence-corrected chi connectivity index (χ4v) is 2.07. The minimum absolute atomic E-state index is 0.0156. The highest BCUT2D eigenvalue weighted by atomic mass is 16.5. The average Bonchev–Trinajstić information content (AvgIpc) is 2.36. The van der Waals surface area contributed by atoms with Crippen molar-refractivity contribution in [2.24, 2.45) is 5.41 Å². The van der Waals surface area contributed by atoms with Gasteiger partial charge in [-0.1, -0.05) is 20.8 Å². The van der Waals surface area contributed by atoms with Crippen molar-refractivity contribution in [1.29, 1.82) is 0 Å². The highest BCUT2D eigenvalue weighted by Crippen LogP contribution is 2.49. The zero-order valence-corrected chi connectivity index (χ0v) is 10.0. The second-order valence-corrected chi connectivity index (χ2v) is 6.63. The Kier molecular flexibility index (Phi) is 2.53. The van der Waals surface area contributed by atoms with Crippen LogP contribution in [0.1, 0.15) is 60.8 Å². The molecular weight excluding hydrogens is 160 g/mol. The van der Waals surface area contributed by atoms with Crippen LogP contribution in [0.25, 0.3) is 0 Å². The predicted molar refractivity (Wildman–Crippen MR) is 56.9 cm³/mol. The SMILES string of the molecule is CC(C)(C)CC1(OC(C)(C)C)CC1. The van der Waals surface area contributed by atoms with E-state index in [1.54, 1.807) is 0 Å². The van der Waals surface area contributed by atoms with Crippen LogP contribution in [-0.4, -0.2) is 11.2 Å². The minimum Gasteiger partial charge on any atom is -0.369 e. The molecule has 0 aromatic carbocycles. The third kappa shape index (κ3) is 4.12. The molecule has 78 valence electrons. The van der Waals surface area contributed by atoms with Crippen LogP contribution in [0.2, 0.25) is 0 Å². The van der Waals surface area contributed by atoms with Crippen LogP contribution in [0.3, 0.4) is 0 Å². The maximum atomic E-state index is 6.11. The third-order valence-corrected chi connectivity index (χ3v) is 2.18. The first kappa shape index (κ1) is 11.0. The predicted octanol–water partition coefficient (Wildman–Crippen LogP) is 3.77. The van der Waals surface area contributed by atoms with Crippen LogP contribution < -0.4 is 0 Å². The Morgan fingerprint density at radius 2 is 1.46 bits per heavy atom. The van der Waals surface area contributed by atoms with Gasteiger partial charge in [-0.2, -0.15) is 0 Å². The first-order valence-corrected chi connectivity index (χ1v) is 5.32. The first-order chi connectivity index (χ1) is 5.62. The van der Waals surface area contributed by atoms with Gasteiger partial charge in [0.05, 0.1) is 11.2 Å². The number of hydrogen-bond acceptors (Lipinski definition) is 1. The van der Waals surface area contributed by atoms with E-state index < -0.39 is 0 Å². The molecule has 0 aromatic rings. The van der Waals surface area contributed by atoms with Gasteiger partial charge in [0.15, 0.2) is 0 Å². The quantitative estimate of drug-likeness (QED) is 0.634. The van der Waals surface area contributed by atoms with Gasteiger partial charge in [0.2, 0.25) is 0 Å². The summed E-state index contributed by atoms with van der Waals surface area (Å²) < 4.78 is 6.11. The van der Waals surface area contributed by atoms with E-state index in [0.29, 0.717) is 5.41 Å². The van der Waals surface area contributed by atoms with Crippen LogP contribution in [-0.2, 0) is 4.74 Å². The summed E-state index contributed by atoms with van der Waals surface area (Å²) in [5.41, 5.74) is 0.625. The summed E-state index contributed by atoms with van der Waals surface area (Å²) in [6, 6.07) is 0. The van der Waals surface area contributed by atoms with Crippen LogP contribution >= 0.6 is 0 Å². The molecule has 1 rings (SSSR count). The van der Waals surface area contributed by atoms with E-state index in [4.69, 9.17) is 4.74 Å². The molecular formula is C12H24O. The van der Waals surface area contributed by atoms with Crippen molar-refractivity contribution in [2.45, 2.75) is 72.0 Å². The van der Waals surface area contributed by atoms with Crippen molar-refractivity contribution in [3.05, 3.63) is 0 Å². The van der Waals surface area contributed by atoms with Crippen molar-refractivity contribution in [3.63, 3.8) is 0 Å². The topological polar surface area (TPSA) is 9.23 Å². The lowest BCUT2D eigenvalue weighted by Crippen LogP contribution is -2.31. The van der Waals surface area contributed by atoms with E-state index >= 15 is 0 Å². The third-order valence-electron chi connectivity index (χ3n) is 2.18. The molecule has 0 amide bonds. The van der Waals surface area contributed by atoms with Crippen LogP contribution in [0.15, 0.2) is 0 Å². The fourth-order valence-electron chi connectivity index (χ4n) is 2.07. The van der Waals surface area contributed by atoms with Gasteiger partial charge in [0, 0.05) is 0 Å². The van der Waals surface area contributed by atoms with Gasteiger partial charge < -0.3 is 4.74 Å². The molecule has 1 aliphatic rings. The van der Waals surface area contributed by atoms with Crippen molar-refractivity contribution < 1.29 is 4.74 Å². The van der Waals surface area contributed by atoms with Crippen LogP contribution in [0, 0.1) is 5.41 Å². The van der Waals surface area contributed by atoms with Crippen LogP contribution in [0.5, 0.6) is 0 Å². The number of rotatable bonds is 2. The molecule has 1 nitrogen and oxygen atoms in total. The Labute approximate surface area is 82.9 Å². The molecule has 0 unspecified atom stereocenters. The van der Waals surface area contributed by atoms with Gasteiger partial charge >= 0.3 is 0 Å². The smallest absolute Gasteiger partial charge is 0.0696 e. The normalized spacial score (nSPS) is 21.7. The molecule has 1 heteroatoms. The summed E-state index contributed by atoms with van der Waals surface area (Å²) >= 11 is 0. The molecule has 1 fully saturated rings. The Bertz CT molecular complexity index is 158. The standard InChI is InChI=1S/C12H24O/c1-10(2,3)9-12(7-8-12)13-11(4,5)6/h7-9H2,1-6H3. The lowest BCUT2D eigenvalue weighted by Gasteiger charge is -2.32. The van der Waals surface area contributed by atoms with Crippen molar-refractivity contribution >= 4 is 0 Å². The molecule has 0 saturated heterocycles. The van der Waals surface area contributed by atoms with E-state index in [0.717, 1.165) is 0 Å². The van der Waals surface area contributed by atoms with Gasteiger partial charge in [-0.15, -0.1) is 0 Å². The zero-order valence-electron chi connectivity index (χ0n) is 10.0. The van der Waals surface area contributed by atoms with E-state index in [2.05, 4.69) is 41.5 Å². The second-order valence-electron chi connectivity index (χ2n) is 6.63. The molecule has 0 atom stereocenters. The maximum absolute atomic E-state index is 6.11. The molecule has 0 aromatic heterocycles. The molecule has 0 heterocycles. The fraction of sp³-hybridized carbons (Fsp3) is 1.00. The van der Waals surface area contributed by atoms with E-state index in [1.807, 2.05) is 0 Å². The molecule has 0 radical (unpaired) electrons. The summed E-state index contributed by atoms with van der Waals surface area (Å²) in [6.07, 6.45) is 3.69. The van der Waals surface area contributed by atoms with Gasteiger partial charge in [0.1, 0.15) is 0 Å². The van der Waals surface area contributed by atoms with Crippen molar-refractivity contribution in [3.8, 4) is 0 Å². The van der Waals surface area contributed by atoms with Gasteiger partial charge in [-0.05, 0) is 45.4 Å². The summed E-state index contributed by atoms with van der Waals surface area (Å²) in [6.45, 7) is 13.3. The van der Waals surface area contributed by atoms with Crippen LogP contribution in [0.4, 0.5) is 0 Å². The Morgan fingerprint density at radius 3 is 1.69 bits per heavy atom. The molecule has 13 heavy (non-hydrogen) atoms. The van der Waals surface area contributed by atoms with Crippen molar-refractivity contribution in [1.82, 2.24) is 0 Å². The Morgan fingerprint density at radius 1 is 1.00 bits per heavy atom. The summed E-state index contributed by atoms with van der Waals surface area (Å²) in [7, 11) is 0. The monoisotopic (exact) mass is 184 g/mol. The lowest BCUT2D eigenvalue weighted by molar-refractivity contribution is -0.0907. The molecule has 0 spiro atoms. The summed E-state index contributed by atoms with van der Waals surface area (Å²) in [4.78, 5) is 0. The maximum Gasteiger partial charge on any atom is 0.0696 e. The molecule has 0 N–H and O–H groups in total. The average molecular weight is 184 g/mol. The molecule has 0 bridgehead atoms. The van der Waals surface area contributed by atoms with E-state index in [1.165, 1.54) is 19.3 Å². The Balaban J connectivity index is 2.49. The molecule has 1 saturated carbocycles. The van der Waals surface area contributed by atoms with Gasteiger partial charge in [-0.3, -0.25) is 0 Å². The summed E-state index contributed by atoms with van der Waals surface area (Å²) in [5.74, 6) is 0.